The van der Waals surface area contributed by atoms with Gasteiger partial charge in [0.15, 0.2) is 5.13 Å². The number of rotatable bonds is 3. The highest BCUT2D eigenvalue weighted by Crippen LogP contribution is 2.29. The molecule has 0 radical (unpaired) electrons. The number of halogens is 1. The Hall–Kier alpha value is -2.28. The maximum Gasteiger partial charge on any atom is 0.273 e. The van der Waals surface area contributed by atoms with Gasteiger partial charge in [0.1, 0.15) is 5.82 Å². The monoisotopic (exact) mass is 319 g/mol. The lowest BCUT2D eigenvalue weighted by molar-refractivity contribution is -0.135. The van der Waals surface area contributed by atoms with Crippen LogP contribution in [0.1, 0.15) is 23.8 Å². The highest BCUT2D eigenvalue weighted by molar-refractivity contribution is 7.15. The maximum absolute atomic E-state index is 13.3. The molecule has 1 aliphatic rings. The number of oxime groups is 1. The quantitative estimate of drug-likeness (QED) is 0.945. The first kappa shape index (κ1) is 14.6. The van der Waals surface area contributed by atoms with E-state index in [2.05, 4.69) is 15.5 Å². The predicted molar refractivity (Wildman–Crippen MR) is 82.5 cm³/mol. The molecule has 1 N–H and O–H groups in total. The Bertz CT molecular complexity index is 759. The molecule has 1 aliphatic heterocycles. The molecule has 0 saturated carbocycles. The van der Waals surface area contributed by atoms with E-state index in [9.17, 15) is 9.18 Å². The minimum atomic E-state index is -1.12. The van der Waals surface area contributed by atoms with Gasteiger partial charge in [0.2, 0.25) is 5.60 Å². The van der Waals surface area contributed by atoms with Gasteiger partial charge in [-0.1, -0.05) is 17.3 Å². The molecule has 2 heterocycles. The minimum Gasteiger partial charge on any atom is -0.379 e. The van der Waals surface area contributed by atoms with E-state index in [4.69, 9.17) is 4.84 Å². The normalized spacial score (nSPS) is 20.4. The average molecular weight is 319 g/mol. The van der Waals surface area contributed by atoms with E-state index in [1.807, 2.05) is 6.92 Å². The van der Waals surface area contributed by atoms with Crippen molar-refractivity contribution in [3.63, 3.8) is 0 Å². The molecule has 0 spiro atoms. The molecule has 1 aromatic heterocycles. The summed E-state index contributed by atoms with van der Waals surface area (Å²) in [6, 6.07) is 6.06. The minimum absolute atomic E-state index is 0.270. The summed E-state index contributed by atoms with van der Waals surface area (Å²) < 4.78 is 13.3. The average Bonchev–Trinajstić information content (AvgIpc) is 3.06. The summed E-state index contributed by atoms with van der Waals surface area (Å²) in [5.74, 6) is -0.673. The number of thiazole rings is 1. The standard InChI is InChI=1S/C15H14FN3O2S/c1-9-8-17-14(22-9)18-13(20)15(2)7-12(19-21-15)10-4-3-5-11(16)6-10/h3-6,8H,7H2,1-2H3,(H,17,18,20)/t15-/m1/s1. The maximum atomic E-state index is 13.3. The number of hydrogen-bond acceptors (Lipinski definition) is 5. The van der Waals surface area contributed by atoms with Gasteiger partial charge >= 0.3 is 0 Å². The van der Waals surface area contributed by atoms with E-state index >= 15 is 0 Å². The Morgan fingerprint density at radius 3 is 3.00 bits per heavy atom. The molecule has 1 aromatic carbocycles. The molecule has 1 atom stereocenters. The zero-order valence-corrected chi connectivity index (χ0v) is 12.9. The third-order valence-corrected chi connectivity index (χ3v) is 4.17. The van der Waals surface area contributed by atoms with Crippen molar-refractivity contribution in [2.75, 3.05) is 5.32 Å². The van der Waals surface area contributed by atoms with Crippen molar-refractivity contribution < 1.29 is 14.0 Å². The van der Waals surface area contributed by atoms with E-state index in [1.54, 1.807) is 25.3 Å². The number of aromatic nitrogens is 1. The van der Waals surface area contributed by atoms with Gasteiger partial charge in [-0.05, 0) is 26.0 Å². The molecule has 2 aromatic rings. The lowest BCUT2D eigenvalue weighted by atomic mass is 9.95. The number of nitrogens with one attached hydrogen (secondary N) is 1. The lowest BCUT2D eigenvalue weighted by Crippen LogP contribution is -2.40. The first-order valence-electron chi connectivity index (χ1n) is 6.71. The molecule has 3 rings (SSSR count). The summed E-state index contributed by atoms with van der Waals surface area (Å²) in [6.07, 6.45) is 1.96. The summed E-state index contributed by atoms with van der Waals surface area (Å²) in [5, 5.41) is 7.18. The van der Waals surface area contributed by atoms with Crippen molar-refractivity contribution in [2.24, 2.45) is 5.16 Å². The van der Waals surface area contributed by atoms with Crippen molar-refractivity contribution in [1.82, 2.24) is 4.98 Å². The van der Waals surface area contributed by atoms with Crippen LogP contribution in [0.5, 0.6) is 0 Å². The second-order valence-electron chi connectivity index (χ2n) is 5.28. The van der Waals surface area contributed by atoms with Crippen LogP contribution in [0.25, 0.3) is 0 Å². The Kier molecular flexibility index (Phi) is 3.66. The molecule has 0 saturated heterocycles. The number of aryl methyl sites for hydroxylation is 1. The highest BCUT2D eigenvalue weighted by atomic mass is 32.1. The second-order valence-corrected chi connectivity index (χ2v) is 6.51. The van der Waals surface area contributed by atoms with E-state index in [0.29, 0.717) is 16.4 Å². The number of nitrogens with zero attached hydrogens (tertiary/aromatic N) is 2. The Morgan fingerprint density at radius 2 is 2.32 bits per heavy atom. The van der Waals surface area contributed by atoms with Crippen LogP contribution in [0.4, 0.5) is 9.52 Å². The van der Waals surface area contributed by atoms with Gasteiger partial charge in [-0.15, -0.1) is 11.3 Å². The van der Waals surface area contributed by atoms with E-state index in [0.717, 1.165) is 4.88 Å². The van der Waals surface area contributed by atoms with Crippen molar-refractivity contribution in [2.45, 2.75) is 25.9 Å². The predicted octanol–water partition coefficient (Wildman–Crippen LogP) is 3.11. The fraction of sp³-hybridized carbons (Fsp3) is 0.267. The van der Waals surface area contributed by atoms with Crippen molar-refractivity contribution >= 4 is 28.1 Å². The summed E-state index contributed by atoms with van der Waals surface area (Å²) in [4.78, 5) is 22.8. The van der Waals surface area contributed by atoms with Crippen LogP contribution in [0.15, 0.2) is 35.6 Å². The summed E-state index contributed by atoms with van der Waals surface area (Å²) in [5.41, 5.74) is 0.0374. The van der Waals surface area contributed by atoms with Crippen LogP contribution >= 0.6 is 11.3 Å². The Balaban J connectivity index is 1.72. The molecule has 114 valence electrons. The first-order chi connectivity index (χ1) is 10.5. The summed E-state index contributed by atoms with van der Waals surface area (Å²) in [7, 11) is 0. The van der Waals surface area contributed by atoms with Crippen LogP contribution in [0, 0.1) is 12.7 Å². The third kappa shape index (κ3) is 2.85. The zero-order chi connectivity index (χ0) is 15.7. The molecule has 5 nitrogen and oxygen atoms in total. The van der Waals surface area contributed by atoms with Gasteiger partial charge in [0.05, 0.1) is 5.71 Å². The van der Waals surface area contributed by atoms with E-state index < -0.39 is 5.60 Å². The fourth-order valence-electron chi connectivity index (χ4n) is 2.13. The summed E-state index contributed by atoms with van der Waals surface area (Å²) >= 11 is 1.39. The Labute approximate surface area is 130 Å². The zero-order valence-electron chi connectivity index (χ0n) is 12.1. The highest BCUT2D eigenvalue weighted by Gasteiger charge is 2.42. The fourth-order valence-corrected chi connectivity index (χ4v) is 2.79. The van der Waals surface area contributed by atoms with Gasteiger partial charge in [-0.2, -0.15) is 0 Å². The molecule has 0 unspecified atom stereocenters. The molecule has 0 aliphatic carbocycles. The van der Waals surface area contributed by atoms with Gasteiger partial charge in [0.25, 0.3) is 5.91 Å². The lowest BCUT2D eigenvalue weighted by Gasteiger charge is -2.19. The van der Waals surface area contributed by atoms with Crippen molar-refractivity contribution in [3.05, 3.63) is 46.7 Å². The van der Waals surface area contributed by atoms with Crippen LogP contribution in [0.3, 0.4) is 0 Å². The number of amides is 1. The van der Waals surface area contributed by atoms with Gasteiger partial charge in [-0.3, -0.25) is 10.1 Å². The van der Waals surface area contributed by atoms with Crippen LogP contribution in [0.2, 0.25) is 0 Å². The molecule has 1 amide bonds. The molecular weight excluding hydrogens is 305 g/mol. The third-order valence-electron chi connectivity index (χ3n) is 3.34. The van der Waals surface area contributed by atoms with Gasteiger partial charge in [-0.25, -0.2) is 9.37 Å². The molecule has 0 fully saturated rings. The van der Waals surface area contributed by atoms with Crippen LogP contribution < -0.4 is 5.32 Å². The summed E-state index contributed by atoms with van der Waals surface area (Å²) in [6.45, 7) is 3.56. The van der Waals surface area contributed by atoms with Gasteiger partial charge < -0.3 is 4.84 Å². The van der Waals surface area contributed by atoms with Crippen molar-refractivity contribution in [3.8, 4) is 0 Å². The smallest absolute Gasteiger partial charge is 0.273 e. The number of anilines is 1. The van der Waals surface area contributed by atoms with E-state index in [1.165, 1.54) is 23.5 Å². The van der Waals surface area contributed by atoms with E-state index in [-0.39, 0.29) is 18.1 Å². The molecule has 0 bridgehead atoms. The largest absolute Gasteiger partial charge is 0.379 e. The van der Waals surface area contributed by atoms with Crippen LogP contribution in [-0.4, -0.2) is 22.2 Å². The SMILES string of the molecule is Cc1cnc(NC(=O)[C@@]2(C)CC(c3cccc(F)c3)=NO2)s1. The molecule has 7 heteroatoms. The second kappa shape index (κ2) is 5.49. The molecule has 22 heavy (non-hydrogen) atoms. The number of carbonyl (C=O) groups is 1. The number of benzene rings is 1. The molecular formula is C15H14FN3O2S. The Morgan fingerprint density at radius 1 is 1.50 bits per heavy atom. The van der Waals surface area contributed by atoms with Gasteiger partial charge in [0, 0.05) is 23.1 Å². The topological polar surface area (TPSA) is 63.6 Å². The van der Waals surface area contributed by atoms with Crippen LogP contribution in [-0.2, 0) is 9.63 Å². The first-order valence-corrected chi connectivity index (χ1v) is 7.53. The van der Waals surface area contributed by atoms with Crippen molar-refractivity contribution in [1.29, 1.82) is 0 Å². The number of carbonyl (C=O) groups excluding carboxylic acids is 1. The number of hydrogen-bond donors (Lipinski definition) is 1.